The highest BCUT2D eigenvalue weighted by atomic mass is 35.5. The summed E-state index contributed by atoms with van der Waals surface area (Å²) in [6, 6.07) is -0.0188. The van der Waals surface area contributed by atoms with Crippen LogP contribution in [0.5, 0.6) is 0 Å². The number of nitrogens with one attached hydrogen (secondary N) is 1. The van der Waals surface area contributed by atoms with Crippen molar-refractivity contribution in [1.29, 1.82) is 0 Å². The summed E-state index contributed by atoms with van der Waals surface area (Å²) in [7, 11) is 1.84. The summed E-state index contributed by atoms with van der Waals surface area (Å²) >= 11 is 3.39. The molecule has 2 heterocycles. The van der Waals surface area contributed by atoms with Crippen LogP contribution in [0.3, 0.4) is 0 Å². The first-order valence-corrected chi connectivity index (χ1v) is 7.17. The van der Waals surface area contributed by atoms with Crippen molar-refractivity contribution in [3.8, 4) is 0 Å². The highest BCUT2D eigenvalue weighted by molar-refractivity contribution is 7.99. The predicted molar refractivity (Wildman–Crippen MR) is 82.1 cm³/mol. The van der Waals surface area contributed by atoms with Gasteiger partial charge >= 0.3 is 0 Å². The van der Waals surface area contributed by atoms with Crippen molar-refractivity contribution in [2.45, 2.75) is 19.5 Å². The number of thioether (sulfide) groups is 1. The average molecular weight is 330 g/mol. The SMILES string of the molecule is Cc1nc(CN(C)C(=O)C2CSCN2)cs1.Cl.Cl. The van der Waals surface area contributed by atoms with E-state index in [-0.39, 0.29) is 36.8 Å². The Morgan fingerprint density at radius 1 is 1.61 bits per heavy atom. The molecule has 0 bridgehead atoms. The van der Waals surface area contributed by atoms with Crippen LogP contribution >= 0.6 is 47.9 Å². The molecule has 1 aromatic heterocycles. The Balaban J connectivity index is 0.00000144. The predicted octanol–water partition coefficient (Wildman–Crippen LogP) is 1.92. The number of thiazole rings is 1. The molecular weight excluding hydrogens is 313 g/mol. The fourth-order valence-electron chi connectivity index (χ4n) is 1.62. The fraction of sp³-hybridized carbons (Fsp3) is 0.600. The molecule has 1 unspecified atom stereocenters. The van der Waals surface area contributed by atoms with Crippen LogP contribution in [0.15, 0.2) is 5.38 Å². The molecule has 0 spiro atoms. The number of aryl methyl sites for hydroxylation is 1. The molecule has 0 saturated carbocycles. The van der Waals surface area contributed by atoms with Gasteiger partial charge in [0, 0.05) is 24.1 Å². The highest BCUT2D eigenvalue weighted by Crippen LogP contribution is 2.14. The minimum atomic E-state index is -0.0188. The number of nitrogens with zero attached hydrogens (tertiary/aromatic N) is 2. The average Bonchev–Trinajstić information content (AvgIpc) is 2.88. The second-order valence-corrected chi connectivity index (χ2v) is 5.92. The molecule has 1 N–H and O–H groups in total. The van der Waals surface area contributed by atoms with Crippen LogP contribution in [0.1, 0.15) is 10.7 Å². The first-order chi connectivity index (χ1) is 7.66. The van der Waals surface area contributed by atoms with Gasteiger partial charge in [-0.1, -0.05) is 0 Å². The van der Waals surface area contributed by atoms with Crippen LogP contribution in [0, 0.1) is 6.92 Å². The Morgan fingerprint density at radius 3 is 2.83 bits per heavy atom. The molecule has 1 aliphatic heterocycles. The number of halogens is 2. The molecule has 1 saturated heterocycles. The maximum absolute atomic E-state index is 12.0. The molecule has 18 heavy (non-hydrogen) atoms. The number of carbonyl (C=O) groups excluding carboxylic acids is 1. The topological polar surface area (TPSA) is 45.2 Å². The van der Waals surface area contributed by atoms with E-state index in [0.29, 0.717) is 6.54 Å². The second-order valence-electron chi connectivity index (χ2n) is 3.82. The molecule has 0 aliphatic carbocycles. The van der Waals surface area contributed by atoms with Gasteiger partial charge in [-0.2, -0.15) is 0 Å². The molecule has 0 radical (unpaired) electrons. The Kier molecular flexibility index (Phi) is 8.21. The fourth-order valence-corrected chi connectivity index (χ4v) is 3.16. The number of hydrogen-bond acceptors (Lipinski definition) is 5. The first-order valence-electron chi connectivity index (χ1n) is 5.14. The van der Waals surface area contributed by atoms with Crippen molar-refractivity contribution < 1.29 is 4.79 Å². The third-order valence-electron chi connectivity index (χ3n) is 2.46. The van der Waals surface area contributed by atoms with E-state index in [1.54, 1.807) is 28.0 Å². The molecule has 1 aliphatic rings. The van der Waals surface area contributed by atoms with Crippen molar-refractivity contribution in [2.24, 2.45) is 0 Å². The molecule has 0 aromatic carbocycles. The normalized spacial score (nSPS) is 17.8. The quantitative estimate of drug-likeness (QED) is 0.920. The molecule has 2 rings (SSSR count). The van der Waals surface area contributed by atoms with E-state index in [2.05, 4.69) is 10.3 Å². The number of aromatic nitrogens is 1. The highest BCUT2D eigenvalue weighted by Gasteiger charge is 2.25. The first kappa shape index (κ1) is 18.0. The monoisotopic (exact) mass is 329 g/mol. The lowest BCUT2D eigenvalue weighted by Gasteiger charge is -2.19. The zero-order chi connectivity index (χ0) is 11.5. The van der Waals surface area contributed by atoms with E-state index in [1.165, 1.54) is 0 Å². The number of amides is 1. The summed E-state index contributed by atoms with van der Waals surface area (Å²) in [5, 5.41) is 6.24. The Bertz CT molecular complexity index is 383. The summed E-state index contributed by atoms with van der Waals surface area (Å²) in [5.74, 6) is 1.91. The number of rotatable bonds is 3. The second kappa shape index (κ2) is 8.22. The van der Waals surface area contributed by atoms with E-state index >= 15 is 0 Å². The van der Waals surface area contributed by atoms with Gasteiger partial charge in [0.1, 0.15) is 0 Å². The lowest BCUT2D eigenvalue weighted by atomic mass is 10.3. The molecule has 8 heteroatoms. The van der Waals surface area contributed by atoms with Crippen molar-refractivity contribution in [3.63, 3.8) is 0 Å². The minimum Gasteiger partial charge on any atom is -0.338 e. The Morgan fingerprint density at radius 2 is 2.33 bits per heavy atom. The van der Waals surface area contributed by atoms with E-state index in [0.717, 1.165) is 22.3 Å². The number of likely N-dealkylation sites (N-methyl/N-ethyl adjacent to an activating group) is 1. The summed E-state index contributed by atoms with van der Waals surface area (Å²) in [4.78, 5) is 18.1. The molecule has 4 nitrogen and oxygen atoms in total. The molecule has 1 amide bonds. The molecule has 1 aromatic rings. The minimum absolute atomic E-state index is 0. The lowest BCUT2D eigenvalue weighted by Crippen LogP contribution is -2.42. The van der Waals surface area contributed by atoms with Crippen molar-refractivity contribution in [2.75, 3.05) is 18.7 Å². The lowest BCUT2D eigenvalue weighted by molar-refractivity contribution is -0.131. The van der Waals surface area contributed by atoms with Gasteiger partial charge in [0.05, 0.1) is 23.3 Å². The maximum Gasteiger partial charge on any atom is 0.240 e. The largest absolute Gasteiger partial charge is 0.338 e. The van der Waals surface area contributed by atoms with Gasteiger partial charge in [-0.15, -0.1) is 47.9 Å². The number of hydrogen-bond donors (Lipinski definition) is 1. The smallest absolute Gasteiger partial charge is 0.240 e. The van der Waals surface area contributed by atoms with Gasteiger partial charge < -0.3 is 4.90 Å². The number of carbonyl (C=O) groups is 1. The Hall–Kier alpha value is -0.0100. The molecule has 1 fully saturated rings. The van der Waals surface area contributed by atoms with E-state index in [9.17, 15) is 4.79 Å². The summed E-state index contributed by atoms with van der Waals surface area (Å²) < 4.78 is 0. The van der Waals surface area contributed by atoms with Crippen molar-refractivity contribution in [1.82, 2.24) is 15.2 Å². The maximum atomic E-state index is 12.0. The van der Waals surface area contributed by atoms with Gasteiger partial charge in [-0.05, 0) is 6.92 Å². The van der Waals surface area contributed by atoms with E-state index in [1.807, 2.05) is 19.4 Å². The standard InChI is InChI=1S/C10H15N3OS2.2ClH/c1-7-12-8(4-16-7)3-13(2)10(14)9-5-15-6-11-9;;/h4,9,11H,3,5-6H2,1-2H3;2*1H. The summed E-state index contributed by atoms with van der Waals surface area (Å²) in [6.07, 6.45) is 0. The molecule has 104 valence electrons. The van der Waals surface area contributed by atoms with Crippen LogP contribution in [-0.2, 0) is 11.3 Å². The van der Waals surface area contributed by atoms with Crippen molar-refractivity contribution >= 4 is 53.8 Å². The van der Waals surface area contributed by atoms with Gasteiger partial charge in [0.2, 0.25) is 5.91 Å². The van der Waals surface area contributed by atoms with Crippen LogP contribution in [0.4, 0.5) is 0 Å². The molecular formula is C10H17Cl2N3OS2. The zero-order valence-corrected chi connectivity index (χ0v) is 13.5. The third-order valence-corrected chi connectivity index (χ3v) is 4.22. The van der Waals surface area contributed by atoms with Crippen molar-refractivity contribution in [3.05, 3.63) is 16.1 Å². The zero-order valence-electron chi connectivity index (χ0n) is 10.2. The van der Waals surface area contributed by atoms with E-state index < -0.39 is 0 Å². The third kappa shape index (κ3) is 4.59. The van der Waals surface area contributed by atoms with Crippen LogP contribution < -0.4 is 5.32 Å². The summed E-state index contributed by atoms with van der Waals surface area (Å²) in [5.41, 5.74) is 0.976. The molecule has 1 atom stereocenters. The van der Waals surface area contributed by atoms with Gasteiger partial charge in [0.15, 0.2) is 0 Å². The summed E-state index contributed by atoms with van der Waals surface area (Å²) in [6.45, 7) is 2.58. The van der Waals surface area contributed by atoms with Gasteiger partial charge in [-0.3, -0.25) is 10.1 Å². The van der Waals surface area contributed by atoms with Crippen LogP contribution in [0.2, 0.25) is 0 Å². The van der Waals surface area contributed by atoms with Crippen LogP contribution in [-0.4, -0.2) is 40.5 Å². The van der Waals surface area contributed by atoms with Crippen LogP contribution in [0.25, 0.3) is 0 Å². The Labute approximate surface area is 128 Å². The van der Waals surface area contributed by atoms with E-state index in [4.69, 9.17) is 0 Å². The van der Waals surface area contributed by atoms with Gasteiger partial charge in [0.25, 0.3) is 0 Å². The van der Waals surface area contributed by atoms with Gasteiger partial charge in [-0.25, -0.2) is 4.98 Å².